The number of hydrogen-bond acceptors (Lipinski definition) is 2. The lowest BCUT2D eigenvalue weighted by molar-refractivity contribution is -0.0827. The largest absolute Gasteiger partial charge is 0.375 e. The molecule has 1 heterocycles. The first-order chi connectivity index (χ1) is 7.27. The summed E-state index contributed by atoms with van der Waals surface area (Å²) in [5, 5.41) is 3.94. The van der Waals surface area contributed by atoms with Gasteiger partial charge < -0.3 is 10.1 Å². The van der Waals surface area contributed by atoms with Gasteiger partial charge in [-0.15, -0.1) is 0 Å². The number of morpholine rings is 1. The summed E-state index contributed by atoms with van der Waals surface area (Å²) in [6.45, 7) is 3.36. The van der Waals surface area contributed by atoms with E-state index in [0.29, 0.717) is 17.7 Å². The predicted molar refractivity (Wildman–Crippen MR) is 60.9 cm³/mol. The Morgan fingerprint density at radius 1 is 1.20 bits per heavy atom. The van der Waals surface area contributed by atoms with E-state index in [1.807, 2.05) is 0 Å². The van der Waals surface area contributed by atoms with Gasteiger partial charge in [-0.25, -0.2) is 0 Å². The first-order valence-corrected chi connectivity index (χ1v) is 6.67. The van der Waals surface area contributed by atoms with E-state index < -0.39 is 0 Å². The summed E-state index contributed by atoms with van der Waals surface area (Å²) in [6, 6.07) is 0.653. The smallest absolute Gasteiger partial charge is 0.0729 e. The van der Waals surface area contributed by atoms with E-state index in [9.17, 15) is 0 Å². The van der Waals surface area contributed by atoms with Crippen LogP contribution in [-0.2, 0) is 4.74 Å². The van der Waals surface area contributed by atoms with E-state index in [2.05, 4.69) is 12.2 Å². The molecule has 3 unspecified atom stereocenters. The van der Waals surface area contributed by atoms with Crippen molar-refractivity contribution in [1.29, 1.82) is 0 Å². The Bertz CT molecular complexity index is 235. The van der Waals surface area contributed by atoms with Gasteiger partial charge in [0.25, 0.3) is 0 Å². The molecule has 2 aliphatic carbocycles. The second-order valence-electron chi connectivity index (χ2n) is 6.01. The van der Waals surface area contributed by atoms with Gasteiger partial charge >= 0.3 is 0 Å². The minimum Gasteiger partial charge on any atom is -0.375 e. The predicted octanol–water partition coefficient (Wildman–Crippen LogP) is 2.48. The van der Waals surface area contributed by atoms with Crippen molar-refractivity contribution in [3.63, 3.8) is 0 Å². The van der Waals surface area contributed by atoms with Gasteiger partial charge in [-0.3, -0.25) is 0 Å². The molecule has 3 rings (SSSR count). The van der Waals surface area contributed by atoms with Crippen LogP contribution in [0.2, 0.25) is 0 Å². The van der Waals surface area contributed by atoms with E-state index in [-0.39, 0.29) is 0 Å². The van der Waals surface area contributed by atoms with Crippen LogP contribution in [0.5, 0.6) is 0 Å². The average Bonchev–Trinajstić information content (AvgIpc) is 2.66. The van der Waals surface area contributed by atoms with Crippen LogP contribution in [0.4, 0.5) is 0 Å². The van der Waals surface area contributed by atoms with Crippen LogP contribution in [0.3, 0.4) is 0 Å². The highest BCUT2D eigenvalue weighted by Crippen LogP contribution is 2.37. The molecule has 2 nitrogen and oxygen atoms in total. The van der Waals surface area contributed by atoms with Gasteiger partial charge in [-0.2, -0.15) is 0 Å². The van der Waals surface area contributed by atoms with Crippen LogP contribution in [0.25, 0.3) is 0 Å². The molecule has 0 amide bonds. The molecule has 86 valence electrons. The van der Waals surface area contributed by atoms with Crippen molar-refractivity contribution in [2.45, 2.75) is 69.6 Å². The van der Waals surface area contributed by atoms with Gasteiger partial charge in [0.2, 0.25) is 0 Å². The van der Waals surface area contributed by atoms with E-state index in [1.54, 1.807) is 0 Å². The Kier molecular flexibility index (Phi) is 2.52. The van der Waals surface area contributed by atoms with Crippen molar-refractivity contribution in [2.75, 3.05) is 6.61 Å². The molecule has 0 aromatic rings. The van der Waals surface area contributed by atoms with Crippen molar-refractivity contribution in [3.05, 3.63) is 0 Å². The van der Waals surface area contributed by atoms with Crippen molar-refractivity contribution in [1.82, 2.24) is 5.32 Å². The van der Waals surface area contributed by atoms with Crippen LogP contribution >= 0.6 is 0 Å². The summed E-state index contributed by atoms with van der Waals surface area (Å²) < 4.78 is 6.11. The minimum absolute atomic E-state index is 0.373. The highest BCUT2D eigenvalue weighted by atomic mass is 16.5. The zero-order valence-electron chi connectivity index (χ0n) is 9.80. The summed E-state index contributed by atoms with van der Waals surface area (Å²) >= 11 is 0. The molecule has 0 bridgehead atoms. The molecule has 1 spiro atoms. The molecule has 0 aromatic heterocycles. The SMILES string of the molecule is CC1CCC2OCC3(CCCC3)NC2C1. The molecule has 1 aliphatic heterocycles. The van der Waals surface area contributed by atoms with Crippen LogP contribution in [-0.4, -0.2) is 24.3 Å². The first-order valence-electron chi connectivity index (χ1n) is 6.67. The monoisotopic (exact) mass is 209 g/mol. The molecule has 0 aromatic carbocycles. The van der Waals surface area contributed by atoms with Crippen molar-refractivity contribution in [3.8, 4) is 0 Å². The summed E-state index contributed by atoms with van der Waals surface area (Å²) in [5.74, 6) is 0.888. The fourth-order valence-corrected chi connectivity index (χ4v) is 3.75. The number of hydrogen-bond donors (Lipinski definition) is 1. The summed E-state index contributed by atoms with van der Waals surface area (Å²) in [4.78, 5) is 0. The maximum absolute atomic E-state index is 6.11. The Balaban J connectivity index is 1.69. The number of nitrogens with one attached hydrogen (secondary N) is 1. The molecule has 3 aliphatic rings. The van der Waals surface area contributed by atoms with E-state index in [4.69, 9.17) is 4.74 Å². The number of rotatable bonds is 0. The Morgan fingerprint density at radius 2 is 2.00 bits per heavy atom. The molecule has 2 saturated carbocycles. The van der Waals surface area contributed by atoms with Gasteiger partial charge in [-0.1, -0.05) is 19.8 Å². The zero-order chi connectivity index (χ0) is 10.3. The topological polar surface area (TPSA) is 21.3 Å². The highest BCUT2D eigenvalue weighted by molar-refractivity contribution is 5.01. The average molecular weight is 209 g/mol. The van der Waals surface area contributed by atoms with Crippen molar-refractivity contribution in [2.24, 2.45) is 5.92 Å². The quantitative estimate of drug-likeness (QED) is 0.662. The summed E-state index contributed by atoms with van der Waals surface area (Å²) in [7, 11) is 0. The van der Waals surface area contributed by atoms with E-state index in [1.165, 1.54) is 44.9 Å². The third kappa shape index (κ3) is 1.83. The highest BCUT2D eigenvalue weighted by Gasteiger charge is 2.44. The third-order valence-corrected chi connectivity index (χ3v) is 4.68. The third-order valence-electron chi connectivity index (χ3n) is 4.68. The maximum Gasteiger partial charge on any atom is 0.0729 e. The van der Waals surface area contributed by atoms with E-state index >= 15 is 0 Å². The van der Waals surface area contributed by atoms with Crippen molar-refractivity contribution < 1.29 is 4.74 Å². The maximum atomic E-state index is 6.11. The Morgan fingerprint density at radius 3 is 2.80 bits per heavy atom. The second kappa shape index (κ2) is 3.74. The molecule has 1 saturated heterocycles. The van der Waals surface area contributed by atoms with Crippen LogP contribution < -0.4 is 5.32 Å². The minimum atomic E-state index is 0.373. The van der Waals surface area contributed by atoms with Gasteiger partial charge in [0, 0.05) is 11.6 Å². The lowest BCUT2D eigenvalue weighted by Gasteiger charge is -2.47. The van der Waals surface area contributed by atoms with Gasteiger partial charge in [-0.05, 0) is 38.0 Å². The molecule has 2 heteroatoms. The van der Waals surface area contributed by atoms with Crippen LogP contribution in [0.1, 0.15) is 51.9 Å². The number of fused-ring (bicyclic) bond motifs is 1. The molecule has 0 radical (unpaired) electrons. The molecular weight excluding hydrogens is 186 g/mol. The first kappa shape index (κ1) is 10.1. The zero-order valence-corrected chi connectivity index (χ0v) is 9.80. The lowest BCUT2D eigenvalue weighted by Crippen LogP contribution is -2.62. The second-order valence-corrected chi connectivity index (χ2v) is 6.01. The standard InChI is InChI=1S/C13H23NO/c1-10-4-5-12-11(8-10)14-13(9-15-12)6-2-3-7-13/h10-12,14H,2-9H2,1H3. The summed E-state index contributed by atoms with van der Waals surface area (Å²) in [6.07, 6.45) is 9.94. The fraction of sp³-hybridized carbons (Fsp3) is 1.00. The summed E-state index contributed by atoms with van der Waals surface area (Å²) in [5.41, 5.74) is 0.373. The Hall–Kier alpha value is -0.0800. The van der Waals surface area contributed by atoms with Crippen molar-refractivity contribution >= 4 is 0 Å². The van der Waals surface area contributed by atoms with Crippen LogP contribution in [0, 0.1) is 5.92 Å². The molecule has 3 fully saturated rings. The Labute approximate surface area is 92.8 Å². The van der Waals surface area contributed by atoms with Gasteiger partial charge in [0.15, 0.2) is 0 Å². The molecule has 1 N–H and O–H groups in total. The van der Waals surface area contributed by atoms with Gasteiger partial charge in [0.05, 0.1) is 12.7 Å². The van der Waals surface area contributed by atoms with Gasteiger partial charge in [0.1, 0.15) is 0 Å². The number of ether oxygens (including phenoxy) is 1. The molecular formula is C13H23NO. The van der Waals surface area contributed by atoms with E-state index in [0.717, 1.165) is 12.5 Å². The lowest BCUT2D eigenvalue weighted by atomic mass is 9.81. The normalized spacial score (nSPS) is 44.2. The molecule has 15 heavy (non-hydrogen) atoms. The van der Waals surface area contributed by atoms with Crippen LogP contribution in [0.15, 0.2) is 0 Å². The fourth-order valence-electron chi connectivity index (χ4n) is 3.75. The molecule has 3 atom stereocenters.